The zero-order valence-electron chi connectivity index (χ0n) is 4.37. The zero-order chi connectivity index (χ0) is 6.04. The molecule has 4 heteroatoms. The number of sulfone groups is 1. The van der Waals surface area contributed by atoms with Gasteiger partial charge in [0.15, 0.2) is 9.84 Å². The molecule has 1 aliphatic rings. The van der Waals surface area contributed by atoms with E-state index in [-0.39, 0.29) is 11.5 Å². The van der Waals surface area contributed by atoms with Gasteiger partial charge in [-0.3, -0.25) is 4.99 Å². The van der Waals surface area contributed by atoms with Crippen molar-refractivity contribution < 1.29 is 8.42 Å². The first kappa shape index (κ1) is 5.75. The summed E-state index contributed by atoms with van der Waals surface area (Å²) in [6.07, 6.45) is 1.46. The fraction of sp³-hybridized carbons (Fsp3) is 0.750. The van der Waals surface area contributed by atoms with Gasteiger partial charge in [-0.1, -0.05) is 0 Å². The monoisotopic (exact) mass is 133 g/mol. The minimum atomic E-state index is -2.73. The Morgan fingerprint density at radius 3 is 2.50 bits per heavy atom. The highest BCUT2D eigenvalue weighted by atomic mass is 32.2. The molecule has 0 saturated carbocycles. The summed E-state index contributed by atoms with van der Waals surface area (Å²) >= 11 is 0. The molecule has 0 N–H and O–H groups in total. The number of hydrogen-bond donors (Lipinski definition) is 0. The second-order valence-electron chi connectivity index (χ2n) is 1.70. The molecule has 1 heterocycles. The van der Waals surface area contributed by atoms with Gasteiger partial charge in [-0.25, -0.2) is 8.42 Å². The van der Waals surface area contributed by atoms with Crippen LogP contribution < -0.4 is 0 Å². The molecule has 3 nitrogen and oxygen atoms in total. The summed E-state index contributed by atoms with van der Waals surface area (Å²) in [4.78, 5) is 3.77. The Morgan fingerprint density at radius 1 is 1.50 bits per heavy atom. The molecular weight excluding hydrogens is 126 g/mol. The topological polar surface area (TPSA) is 46.5 Å². The fourth-order valence-electron chi connectivity index (χ4n) is 0.533. The molecular formula is C4H7NO2S. The van der Waals surface area contributed by atoms with E-state index in [1.165, 1.54) is 6.21 Å². The molecule has 1 aliphatic heterocycles. The minimum absolute atomic E-state index is 0.132. The lowest BCUT2D eigenvalue weighted by molar-refractivity contribution is 0.598. The largest absolute Gasteiger partial charge is 0.295 e. The number of hydrogen-bond acceptors (Lipinski definition) is 3. The first-order valence-electron chi connectivity index (χ1n) is 2.39. The van der Waals surface area contributed by atoms with Crippen LogP contribution in [-0.2, 0) is 9.84 Å². The first-order valence-corrected chi connectivity index (χ1v) is 4.21. The molecule has 8 heavy (non-hydrogen) atoms. The van der Waals surface area contributed by atoms with Crippen LogP contribution in [0.2, 0.25) is 0 Å². The maximum absolute atomic E-state index is 10.6. The lowest BCUT2D eigenvalue weighted by Crippen LogP contribution is -2.18. The normalized spacial score (nSPS) is 25.5. The third-order valence-corrected chi connectivity index (χ3v) is 2.45. The summed E-state index contributed by atoms with van der Waals surface area (Å²) in [5, 5.41) is 0. The van der Waals surface area contributed by atoms with Crippen LogP contribution in [0.1, 0.15) is 0 Å². The van der Waals surface area contributed by atoms with Crippen molar-refractivity contribution in [3.05, 3.63) is 0 Å². The predicted octanol–water partition coefficient (Wildman–Crippen LogP) is -0.514. The Bertz CT molecular complexity index is 192. The molecule has 0 unspecified atom stereocenters. The minimum Gasteiger partial charge on any atom is -0.295 e. The third-order valence-electron chi connectivity index (χ3n) is 0.989. The van der Waals surface area contributed by atoms with Crippen molar-refractivity contribution in [3.8, 4) is 0 Å². The lowest BCUT2D eigenvalue weighted by Gasteiger charge is -2.01. The van der Waals surface area contributed by atoms with Crippen molar-refractivity contribution in [2.75, 3.05) is 18.1 Å². The van der Waals surface area contributed by atoms with E-state index in [1.807, 2.05) is 0 Å². The quantitative estimate of drug-likeness (QED) is 0.446. The summed E-state index contributed by atoms with van der Waals surface area (Å²) in [7, 11) is -2.73. The van der Waals surface area contributed by atoms with Gasteiger partial charge >= 0.3 is 0 Å². The van der Waals surface area contributed by atoms with Crippen LogP contribution in [0.25, 0.3) is 0 Å². The van der Waals surface area contributed by atoms with E-state index < -0.39 is 9.84 Å². The highest BCUT2D eigenvalue weighted by Crippen LogP contribution is 1.92. The second-order valence-corrected chi connectivity index (χ2v) is 3.93. The molecule has 0 radical (unpaired) electrons. The highest BCUT2D eigenvalue weighted by Gasteiger charge is 2.10. The average molecular weight is 133 g/mol. The molecule has 46 valence electrons. The fourth-order valence-corrected chi connectivity index (χ4v) is 1.42. The molecule has 0 aromatic heterocycles. The van der Waals surface area contributed by atoms with Crippen molar-refractivity contribution in [2.24, 2.45) is 4.99 Å². The molecule has 0 saturated heterocycles. The van der Waals surface area contributed by atoms with E-state index in [0.717, 1.165) is 0 Å². The van der Waals surface area contributed by atoms with E-state index in [4.69, 9.17) is 0 Å². The summed E-state index contributed by atoms with van der Waals surface area (Å²) in [6.45, 7) is 0.447. The molecule has 0 aromatic rings. The molecule has 0 atom stereocenters. The van der Waals surface area contributed by atoms with E-state index >= 15 is 0 Å². The lowest BCUT2D eigenvalue weighted by atomic mass is 10.7. The molecule has 0 fully saturated rings. The van der Waals surface area contributed by atoms with Crippen LogP contribution >= 0.6 is 0 Å². The van der Waals surface area contributed by atoms with Crippen molar-refractivity contribution in [3.63, 3.8) is 0 Å². The van der Waals surface area contributed by atoms with E-state index in [0.29, 0.717) is 6.54 Å². The van der Waals surface area contributed by atoms with E-state index in [2.05, 4.69) is 4.99 Å². The molecule has 1 rings (SSSR count). The highest BCUT2D eigenvalue weighted by molar-refractivity contribution is 7.92. The zero-order valence-corrected chi connectivity index (χ0v) is 5.19. The maximum Gasteiger partial charge on any atom is 0.157 e. The molecule has 0 aromatic carbocycles. The van der Waals surface area contributed by atoms with Crippen molar-refractivity contribution in [2.45, 2.75) is 0 Å². The molecule has 0 bridgehead atoms. The van der Waals surface area contributed by atoms with Crippen molar-refractivity contribution in [1.82, 2.24) is 0 Å². The summed E-state index contributed by atoms with van der Waals surface area (Å²) in [5.41, 5.74) is 0. The van der Waals surface area contributed by atoms with Crippen LogP contribution in [0.15, 0.2) is 4.99 Å². The Morgan fingerprint density at radius 2 is 2.25 bits per heavy atom. The maximum atomic E-state index is 10.6. The van der Waals surface area contributed by atoms with Gasteiger partial charge < -0.3 is 0 Å². The van der Waals surface area contributed by atoms with Gasteiger partial charge in [-0.05, 0) is 0 Å². The third kappa shape index (κ3) is 1.30. The summed E-state index contributed by atoms with van der Waals surface area (Å²) in [5.74, 6) is 0.358. The van der Waals surface area contributed by atoms with E-state index in [1.54, 1.807) is 0 Å². The molecule has 0 aliphatic carbocycles. The van der Waals surface area contributed by atoms with Gasteiger partial charge in [-0.15, -0.1) is 0 Å². The smallest absolute Gasteiger partial charge is 0.157 e. The Hall–Kier alpha value is -0.380. The Labute approximate surface area is 48.3 Å². The van der Waals surface area contributed by atoms with Gasteiger partial charge in [0.1, 0.15) is 0 Å². The van der Waals surface area contributed by atoms with Crippen molar-refractivity contribution in [1.29, 1.82) is 0 Å². The van der Waals surface area contributed by atoms with Crippen LogP contribution in [0.5, 0.6) is 0 Å². The van der Waals surface area contributed by atoms with Crippen LogP contribution in [0, 0.1) is 0 Å². The standard InChI is InChI=1S/C4H7NO2S/c6-8(7)3-1-5-2-4-8/h1H,2-4H2. The van der Waals surface area contributed by atoms with Crippen molar-refractivity contribution >= 4 is 16.1 Å². The first-order chi connectivity index (χ1) is 3.71. The average Bonchev–Trinajstić information content (AvgIpc) is 1.65. The number of aliphatic imine (C=N–C) groups is 1. The Balaban J connectivity index is 2.79. The van der Waals surface area contributed by atoms with Crippen LogP contribution in [0.3, 0.4) is 0 Å². The number of nitrogens with zero attached hydrogens (tertiary/aromatic N) is 1. The van der Waals surface area contributed by atoms with E-state index in [9.17, 15) is 8.42 Å². The number of rotatable bonds is 0. The predicted molar refractivity (Wildman–Crippen MR) is 32.0 cm³/mol. The van der Waals surface area contributed by atoms with Gasteiger partial charge in [0.05, 0.1) is 18.1 Å². The van der Waals surface area contributed by atoms with Crippen LogP contribution in [-0.4, -0.2) is 32.7 Å². The molecule has 0 amide bonds. The van der Waals surface area contributed by atoms with Gasteiger partial charge in [0.2, 0.25) is 0 Å². The van der Waals surface area contributed by atoms with Gasteiger partial charge in [0, 0.05) is 6.21 Å². The summed E-state index contributed by atoms with van der Waals surface area (Å²) in [6, 6.07) is 0. The summed E-state index contributed by atoms with van der Waals surface area (Å²) < 4.78 is 21.1. The van der Waals surface area contributed by atoms with Gasteiger partial charge in [-0.2, -0.15) is 0 Å². The molecule has 0 spiro atoms. The Kier molecular flexibility index (Phi) is 1.33. The SMILES string of the molecule is O=S1(=O)CC=NCC1. The van der Waals surface area contributed by atoms with Crippen LogP contribution in [0.4, 0.5) is 0 Å². The van der Waals surface area contributed by atoms with Gasteiger partial charge in [0.25, 0.3) is 0 Å². The second kappa shape index (κ2) is 1.85.